The number of hydrogen-bond acceptors (Lipinski definition) is 3. The zero-order chi connectivity index (χ0) is 13.5. The maximum Gasteiger partial charge on any atom is 0.234 e. The summed E-state index contributed by atoms with van der Waals surface area (Å²) in [6.07, 6.45) is 10.7. The number of nitrogens with one attached hydrogen (secondary N) is 1. The van der Waals surface area contributed by atoms with E-state index in [4.69, 9.17) is 0 Å². The second kappa shape index (κ2) is 7.85. The van der Waals surface area contributed by atoms with Gasteiger partial charge in [-0.2, -0.15) is 0 Å². The van der Waals surface area contributed by atoms with Crippen LogP contribution in [0.3, 0.4) is 0 Å². The number of carbonyl (C=O) groups excluding carboxylic acids is 1. The summed E-state index contributed by atoms with van der Waals surface area (Å²) in [5.74, 6) is 0.146. The summed E-state index contributed by atoms with van der Waals surface area (Å²) in [5, 5.41) is 12.5. The Kier molecular flexibility index (Phi) is 6.11. The van der Waals surface area contributed by atoms with Gasteiger partial charge in [0.2, 0.25) is 5.91 Å². The zero-order valence-electron chi connectivity index (χ0n) is 11.9. The Bertz CT molecular complexity index is 275. The molecule has 1 aliphatic carbocycles. The van der Waals surface area contributed by atoms with E-state index >= 15 is 0 Å². The van der Waals surface area contributed by atoms with Crippen molar-refractivity contribution >= 4 is 5.91 Å². The molecular formula is C15H28N2O2. The number of carbonyl (C=O) groups is 1. The van der Waals surface area contributed by atoms with Crippen LogP contribution in [0.1, 0.15) is 57.8 Å². The predicted octanol–water partition coefficient (Wildman–Crippen LogP) is 1.67. The summed E-state index contributed by atoms with van der Waals surface area (Å²) in [6, 6.07) is 0.570. The quantitative estimate of drug-likeness (QED) is 0.763. The van der Waals surface area contributed by atoms with E-state index in [0.717, 1.165) is 32.2 Å². The number of hydrogen-bond donors (Lipinski definition) is 2. The van der Waals surface area contributed by atoms with Crippen molar-refractivity contribution in [3.05, 3.63) is 0 Å². The van der Waals surface area contributed by atoms with Crippen LogP contribution in [0.5, 0.6) is 0 Å². The van der Waals surface area contributed by atoms with Crippen LogP contribution in [0.25, 0.3) is 0 Å². The van der Waals surface area contributed by atoms with Crippen LogP contribution in [0, 0.1) is 0 Å². The molecule has 0 bridgehead atoms. The first kappa shape index (κ1) is 14.8. The lowest BCUT2D eigenvalue weighted by atomic mass is 10.0. The van der Waals surface area contributed by atoms with Gasteiger partial charge in [0.05, 0.1) is 13.2 Å². The molecule has 4 heteroatoms. The van der Waals surface area contributed by atoms with Gasteiger partial charge in [-0.05, 0) is 32.2 Å². The summed E-state index contributed by atoms with van der Waals surface area (Å²) in [7, 11) is 0. The molecule has 0 aromatic rings. The summed E-state index contributed by atoms with van der Waals surface area (Å²) in [5.41, 5.74) is 0. The number of piperidine rings is 1. The molecule has 0 aromatic heterocycles. The Balaban J connectivity index is 1.75. The molecular weight excluding hydrogens is 240 g/mol. The van der Waals surface area contributed by atoms with E-state index in [1.807, 2.05) is 0 Å². The first-order valence-corrected chi connectivity index (χ1v) is 7.94. The SMILES string of the molecule is O=C(CN1CCCCC1CO)NC1CCCCCC1. The minimum Gasteiger partial charge on any atom is -0.395 e. The van der Waals surface area contributed by atoms with Crippen molar-refractivity contribution < 1.29 is 9.90 Å². The van der Waals surface area contributed by atoms with Crippen molar-refractivity contribution in [1.82, 2.24) is 10.2 Å². The summed E-state index contributed by atoms with van der Waals surface area (Å²) < 4.78 is 0. The van der Waals surface area contributed by atoms with Crippen LogP contribution in [-0.4, -0.2) is 47.7 Å². The van der Waals surface area contributed by atoms with Gasteiger partial charge in [0.1, 0.15) is 0 Å². The highest BCUT2D eigenvalue weighted by molar-refractivity contribution is 5.78. The molecule has 1 saturated heterocycles. The maximum absolute atomic E-state index is 12.1. The van der Waals surface area contributed by atoms with Gasteiger partial charge in [0, 0.05) is 12.1 Å². The smallest absolute Gasteiger partial charge is 0.234 e. The number of aliphatic hydroxyl groups is 1. The molecule has 2 aliphatic rings. The fraction of sp³-hybridized carbons (Fsp3) is 0.933. The monoisotopic (exact) mass is 268 g/mol. The van der Waals surface area contributed by atoms with Crippen molar-refractivity contribution in [1.29, 1.82) is 0 Å². The van der Waals surface area contributed by atoms with Gasteiger partial charge in [-0.3, -0.25) is 9.69 Å². The van der Waals surface area contributed by atoms with Gasteiger partial charge in [-0.15, -0.1) is 0 Å². The lowest BCUT2D eigenvalue weighted by Crippen LogP contribution is -2.48. The van der Waals surface area contributed by atoms with Crippen molar-refractivity contribution in [2.24, 2.45) is 0 Å². The molecule has 1 heterocycles. The Labute approximate surface area is 116 Å². The summed E-state index contributed by atoms with van der Waals surface area (Å²) in [6.45, 7) is 1.59. The predicted molar refractivity (Wildman–Crippen MR) is 75.9 cm³/mol. The minimum atomic E-state index is 0.146. The highest BCUT2D eigenvalue weighted by Crippen LogP contribution is 2.18. The average molecular weight is 268 g/mol. The third-order valence-electron chi connectivity index (χ3n) is 4.53. The van der Waals surface area contributed by atoms with Gasteiger partial charge in [0.25, 0.3) is 0 Å². The normalized spacial score (nSPS) is 26.9. The van der Waals surface area contributed by atoms with E-state index in [1.165, 1.54) is 32.1 Å². The topological polar surface area (TPSA) is 52.6 Å². The maximum atomic E-state index is 12.1. The van der Waals surface area contributed by atoms with E-state index in [-0.39, 0.29) is 18.6 Å². The van der Waals surface area contributed by atoms with Gasteiger partial charge < -0.3 is 10.4 Å². The van der Waals surface area contributed by atoms with Crippen LogP contribution in [0.15, 0.2) is 0 Å². The molecule has 2 fully saturated rings. The second-order valence-electron chi connectivity index (χ2n) is 6.06. The number of aliphatic hydroxyl groups excluding tert-OH is 1. The molecule has 1 aliphatic heterocycles. The first-order chi connectivity index (χ1) is 9.29. The molecule has 4 nitrogen and oxygen atoms in total. The third-order valence-corrected chi connectivity index (χ3v) is 4.53. The molecule has 1 saturated carbocycles. The Hall–Kier alpha value is -0.610. The van der Waals surface area contributed by atoms with Crippen molar-refractivity contribution in [2.75, 3.05) is 19.7 Å². The molecule has 19 heavy (non-hydrogen) atoms. The van der Waals surface area contributed by atoms with Gasteiger partial charge in [-0.25, -0.2) is 0 Å². The van der Waals surface area contributed by atoms with Crippen LogP contribution >= 0.6 is 0 Å². The minimum absolute atomic E-state index is 0.146. The number of nitrogens with zero attached hydrogens (tertiary/aromatic N) is 1. The first-order valence-electron chi connectivity index (χ1n) is 7.94. The molecule has 2 N–H and O–H groups in total. The zero-order valence-corrected chi connectivity index (χ0v) is 11.9. The standard InChI is InChI=1S/C15H28N2O2/c18-12-14-9-5-6-10-17(14)11-15(19)16-13-7-3-1-2-4-8-13/h13-14,18H,1-12H2,(H,16,19). The van der Waals surface area contributed by atoms with Crippen molar-refractivity contribution in [3.63, 3.8) is 0 Å². The molecule has 2 rings (SSSR count). The third kappa shape index (κ3) is 4.77. The molecule has 0 aromatic carbocycles. The van der Waals surface area contributed by atoms with Gasteiger partial charge >= 0.3 is 0 Å². The molecule has 1 unspecified atom stereocenters. The van der Waals surface area contributed by atoms with Crippen LogP contribution in [0.4, 0.5) is 0 Å². The molecule has 1 amide bonds. The van der Waals surface area contributed by atoms with Crippen LogP contribution in [0.2, 0.25) is 0 Å². The lowest BCUT2D eigenvalue weighted by molar-refractivity contribution is -0.124. The Morgan fingerprint density at radius 1 is 1.05 bits per heavy atom. The Morgan fingerprint density at radius 3 is 2.42 bits per heavy atom. The van der Waals surface area contributed by atoms with E-state index in [2.05, 4.69) is 10.2 Å². The number of likely N-dealkylation sites (tertiary alicyclic amines) is 1. The Morgan fingerprint density at radius 2 is 1.74 bits per heavy atom. The van der Waals surface area contributed by atoms with E-state index in [1.54, 1.807) is 0 Å². The van der Waals surface area contributed by atoms with E-state index in [0.29, 0.717) is 12.6 Å². The number of rotatable bonds is 4. The summed E-state index contributed by atoms with van der Waals surface area (Å²) in [4.78, 5) is 14.3. The molecule has 110 valence electrons. The largest absolute Gasteiger partial charge is 0.395 e. The second-order valence-corrected chi connectivity index (χ2v) is 6.06. The highest BCUT2D eigenvalue weighted by atomic mass is 16.3. The van der Waals surface area contributed by atoms with E-state index < -0.39 is 0 Å². The number of amides is 1. The highest BCUT2D eigenvalue weighted by Gasteiger charge is 2.24. The summed E-state index contributed by atoms with van der Waals surface area (Å²) >= 11 is 0. The van der Waals surface area contributed by atoms with Crippen LogP contribution < -0.4 is 5.32 Å². The van der Waals surface area contributed by atoms with E-state index in [9.17, 15) is 9.90 Å². The van der Waals surface area contributed by atoms with Gasteiger partial charge in [0.15, 0.2) is 0 Å². The molecule has 0 spiro atoms. The fourth-order valence-corrected chi connectivity index (χ4v) is 3.36. The van der Waals surface area contributed by atoms with Crippen molar-refractivity contribution in [2.45, 2.75) is 69.9 Å². The van der Waals surface area contributed by atoms with Gasteiger partial charge in [-0.1, -0.05) is 32.1 Å². The fourth-order valence-electron chi connectivity index (χ4n) is 3.36. The average Bonchev–Trinajstić information content (AvgIpc) is 2.68. The lowest BCUT2D eigenvalue weighted by Gasteiger charge is -2.34. The molecule has 0 radical (unpaired) electrons. The molecule has 1 atom stereocenters. The van der Waals surface area contributed by atoms with Crippen LogP contribution in [-0.2, 0) is 4.79 Å². The van der Waals surface area contributed by atoms with Crippen molar-refractivity contribution in [3.8, 4) is 0 Å².